The third kappa shape index (κ3) is 37.0. The van der Waals surface area contributed by atoms with Crippen LogP contribution in [-0.2, 0) is 38.4 Å². The molecule has 43 heavy (non-hydrogen) atoms. The number of carboxylic acids is 8. The van der Waals surface area contributed by atoms with E-state index in [1.807, 2.05) is 0 Å². The van der Waals surface area contributed by atoms with Crippen LogP contribution in [0.3, 0.4) is 0 Å². The third-order valence-electron chi connectivity index (χ3n) is 4.31. The molecule has 0 saturated heterocycles. The minimum Gasteiger partial charge on any atom is -0.549 e. The minimum absolute atomic E-state index is 0. The Kier molecular flexibility index (Phi) is 35.4. The van der Waals surface area contributed by atoms with Gasteiger partial charge >= 0.3 is 121 Å². The molecule has 0 aliphatic heterocycles. The Morgan fingerprint density at radius 2 is 0.512 bits per heavy atom. The van der Waals surface area contributed by atoms with Crippen molar-refractivity contribution >= 4 is 85.5 Å². The third-order valence-corrected chi connectivity index (χ3v) is 4.31. The quantitative estimate of drug-likeness (QED) is 0.0779. The van der Waals surface area contributed by atoms with E-state index in [-0.39, 0.29) is 123 Å². The van der Waals surface area contributed by atoms with E-state index >= 15 is 0 Å². The van der Waals surface area contributed by atoms with E-state index in [0.717, 1.165) is 19.6 Å². The molecule has 23 heteroatoms. The molecule has 4 N–H and O–H groups in total. The fourth-order valence-corrected chi connectivity index (χ4v) is 2.92. The van der Waals surface area contributed by atoms with Crippen molar-refractivity contribution in [2.75, 3.05) is 78.5 Å². The van der Waals surface area contributed by atoms with E-state index in [1.165, 1.54) is 0 Å². The zero-order chi connectivity index (χ0) is 31.4. The Bertz CT molecular complexity index is 721. The van der Waals surface area contributed by atoms with Crippen molar-refractivity contribution in [3.8, 4) is 0 Å². The number of rotatable bonds is 22. The van der Waals surface area contributed by atoms with Crippen LogP contribution in [-0.4, -0.2) is 204 Å². The molecule has 0 fully saturated rings. The SMILES string of the molecule is O=C(O)CN(CCN(CC(=O)O)CC(=O)O)CC(=O)O.O=C([O-])CN(CCN(CC(=O)[O-])CC(=O)[O-])CC(=O)[O-].[Ca+2].[Na+].[Na+]. The Labute approximate surface area is 318 Å². The summed E-state index contributed by atoms with van der Waals surface area (Å²) in [7, 11) is 0. The predicted octanol–water partition coefficient (Wildman–Crippen LogP) is -15.9. The summed E-state index contributed by atoms with van der Waals surface area (Å²) >= 11 is 0. The molecule has 0 unspecified atom stereocenters. The maximum Gasteiger partial charge on any atom is 2.00 e. The molecule has 0 aliphatic rings. The van der Waals surface area contributed by atoms with Gasteiger partial charge in [0, 0.05) is 52.4 Å². The number of carbonyl (C=O) groups is 8. The van der Waals surface area contributed by atoms with Crippen LogP contribution in [0.2, 0.25) is 0 Å². The predicted molar refractivity (Wildman–Crippen MR) is 122 cm³/mol. The summed E-state index contributed by atoms with van der Waals surface area (Å²) in [5.74, 6) is -11.0. The van der Waals surface area contributed by atoms with Gasteiger partial charge in [-0.3, -0.25) is 38.8 Å². The first-order valence-electron chi connectivity index (χ1n) is 11.0. The Hall–Kier alpha value is -1.14. The maximum absolute atomic E-state index is 10.6. The van der Waals surface area contributed by atoms with Gasteiger partial charge in [-0.2, -0.15) is 0 Å². The molecule has 0 bridgehead atoms. The summed E-state index contributed by atoms with van der Waals surface area (Å²) in [5, 5.41) is 76.1. The van der Waals surface area contributed by atoms with Crippen LogP contribution in [0, 0.1) is 0 Å². The van der Waals surface area contributed by atoms with E-state index in [1.54, 1.807) is 0 Å². The fraction of sp³-hybridized carbons (Fsp3) is 0.600. The summed E-state index contributed by atoms with van der Waals surface area (Å²) in [6.07, 6.45) is 0. The smallest absolute Gasteiger partial charge is 0.549 e. The zero-order valence-corrected chi connectivity index (χ0v) is 29.9. The first-order valence-corrected chi connectivity index (χ1v) is 11.0. The summed E-state index contributed by atoms with van der Waals surface area (Å²) in [6, 6.07) is 0. The van der Waals surface area contributed by atoms with Gasteiger partial charge in [0.2, 0.25) is 0 Å². The van der Waals surface area contributed by atoms with Gasteiger partial charge < -0.3 is 60.0 Å². The summed E-state index contributed by atoms with van der Waals surface area (Å²) in [5.41, 5.74) is 0. The number of nitrogens with zero attached hydrogens (tertiary/aromatic N) is 4. The van der Waals surface area contributed by atoms with Crippen molar-refractivity contribution in [3.63, 3.8) is 0 Å². The number of hydrogen-bond donors (Lipinski definition) is 4. The van der Waals surface area contributed by atoms with Crippen LogP contribution < -0.4 is 79.5 Å². The molecule has 0 amide bonds. The average Bonchev–Trinajstić information content (AvgIpc) is 2.72. The van der Waals surface area contributed by atoms with Crippen LogP contribution in [0.4, 0.5) is 0 Å². The Morgan fingerprint density at radius 3 is 0.628 bits per heavy atom. The molecule has 0 atom stereocenters. The number of carboxylic acid groups (broad SMARTS) is 8. The molecule has 0 aromatic carbocycles. The van der Waals surface area contributed by atoms with E-state index in [9.17, 15) is 58.8 Å². The molecule has 0 rings (SSSR count). The molecule has 0 radical (unpaired) electrons. The van der Waals surface area contributed by atoms with E-state index < -0.39 is 100 Å². The first-order chi connectivity index (χ1) is 18.4. The number of aliphatic carboxylic acids is 8. The Morgan fingerprint density at radius 1 is 0.372 bits per heavy atom. The van der Waals surface area contributed by atoms with Gasteiger partial charge in [-0.15, -0.1) is 0 Å². The molecule has 0 heterocycles. The average molecular weight is 667 g/mol. The molecule has 0 aliphatic carbocycles. The summed E-state index contributed by atoms with van der Waals surface area (Å²) in [6.45, 7) is -5.50. The van der Waals surface area contributed by atoms with E-state index in [4.69, 9.17) is 20.4 Å². The van der Waals surface area contributed by atoms with Gasteiger partial charge in [0.15, 0.2) is 0 Å². The molecular weight excluding hydrogens is 638 g/mol. The second-order valence-electron chi connectivity index (χ2n) is 7.91. The van der Waals surface area contributed by atoms with Crippen molar-refractivity contribution in [1.82, 2.24) is 19.6 Å². The molecule has 228 valence electrons. The molecular formula is C20H28CaN4Na2O16. The van der Waals surface area contributed by atoms with E-state index in [0.29, 0.717) is 0 Å². The topological polar surface area (TPSA) is 323 Å². The molecule has 20 nitrogen and oxygen atoms in total. The molecule has 0 aromatic heterocycles. The van der Waals surface area contributed by atoms with Crippen LogP contribution in [0.25, 0.3) is 0 Å². The number of carbonyl (C=O) groups excluding carboxylic acids is 4. The Balaban J connectivity index is -0.000000209. The normalized spacial score (nSPS) is 9.95. The van der Waals surface area contributed by atoms with Crippen LogP contribution >= 0.6 is 0 Å². The standard InChI is InChI=1S/2C10H16N2O8.Ca.2Na/c2*13-7(14)3-11(4-8(15)16)1-2-12(5-9(17)18)6-10(19)20;;;/h2*1-6H2,(H,13,14)(H,15,16)(H,17,18)(H,19,20);;;/q;;+2;2*+1/p-4. The minimum atomic E-state index is -1.53. The molecule has 0 spiro atoms. The van der Waals surface area contributed by atoms with Crippen molar-refractivity contribution in [3.05, 3.63) is 0 Å². The van der Waals surface area contributed by atoms with Crippen molar-refractivity contribution in [2.45, 2.75) is 0 Å². The van der Waals surface area contributed by atoms with Crippen molar-refractivity contribution < 1.29 is 138 Å². The monoisotopic (exact) mass is 666 g/mol. The van der Waals surface area contributed by atoms with Gasteiger partial charge in [-0.1, -0.05) is 0 Å². The largest absolute Gasteiger partial charge is 2.00 e. The molecule has 0 aromatic rings. The maximum atomic E-state index is 10.6. The summed E-state index contributed by atoms with van der Waals surface area (Å²) in [4.78, 5) is 87.8. The molecule has 0 saturated carbocycles. The van der Waals surface area contributed by atoms with Gasteiger partial charge in [-0.05, 0) is 0 Å². The second kappa shape index (κ2) is 29.6. The van der Waals surface area contributed by atoms with Gasteiger partial charge in [0.05, 0.1) is 50.1 Å². The summed E-state index contributed by atoms with van der Waals surface area (Å²) < 4.78 is 0. The zero-order valence-electron chi connectivity index (χ0n) is 23.7. The fourth-order valence-electron chi connectivity index (χ4n) is 2.92. The number of hydrogen-bond acceptors (Lipinski definition) is 16. The van der Waals surface area contributed by atoms with Crippen LogP contribution in [0.5, 0.6) is 0 Å². The van der Waals surface area contributed by atoms with Gasteiger partial charge in [0.25, 0.3) is 0 Å². The first kappa shape index (κ1) is 51.4. The van der Waals surface area contributed by atoms with Crippen molar-refractivity contribution in [1.29, 1.82) is 0 Å². The second-order valence-corrected chi connectivity index (χ2v) is 7.91. The van der Waals surface area contributed by atoms with Gasteiger partial charge in [0.1, 0.15) is 0 Å². The van der Waals surface area contributed by atoms with Crippen molar-refractivity contribution in [2.24, 2.45) is 0 Å². The van der Waals surface area contributed by atoms with E-state index in [2.05, 4.69) is 0 Å². The van der Waals surface area contributed by atoms with Crippen LogP contribution in [0.15, 0.2) is 0 Å². The van der Waals surface area contributed by atoms with Crippen LogP contribution in [0.1, 0.15) is 0 Å². The van der Waals surface area contributed by atoms with Gasteiger partial charge in [-0.25, -0.2) is 0 Å².